The molecule has 132 valence electrons. The third-order valence-electron chi connectivity index (χ3n) is 4.89. The number of carbonyl (C=O) groups is 1. The zero-order valence-corrected chi connectivity index (χ0v) is 14.8. The van der Waals surface area contributed by atoms with Crippen molar-refractivity contribution >= 4 is 11.6 Å². The Hall–Kier alpha value is -2.33. The molecule has 0 bridgehead atoms. The molecule has 3 rings (SSSR count). The van der Waals surface area contributed by atoms with Crippen LogP contribution < -0.4 is 15.0 Å². The van der Waals surface area contributed by atoms with E-state index in [4.69, 9.17) is 4.74 Å². The number of quaternary nitrogens is 1. The fraction of sp³-hybridized carbons (Fsp3) is 0.381. The first kappa shape index (κ1) is 17.5. The van der Waals surface area contributed by atoms with E-state index < -0.39 is 0 Å². The molecule has 2 atom stereocenters. The predicted molar refractivity (Wildman–Crippen MR) is 100 cm³/mol. The number of para-hydroxylation sites is 3. The lowest BCUT2D eigenvalue weighted by atomic mass is 10.00. The molecule has 1 aliphatic rings. The van der Waals surface area contributed by atoms with E-state index in [1.54, 1.807) is 0 Å². The van der Waals surface area contributed by atoms with E-state index in [1.165, 1.54) is 24.2 Å². The molecule has 1 amide bonds. The first-order valence-electron chi connectivity index (χ1n) is 9.22. The molecule has 1 fully saturated rings. The standard InChI is InChI=1S/C21H26N2O2/c1-2-17-10-8-9-15-23(17)16-21(24)22-19-13-6-7-14-20(19)25-18-11-4-3-5-12-18/h3-7,11-14,17H,2,8-10,15-16H2,1H3,(H,22,24)/p+1. The highest BCUT2D eigenvalue weighted by atomic mass is 16.5. The molecule has 1 aliphatic heterocycles. The van der Waals surface area contributed by atoms with Crippen LogP contribution in [-0.2, 0) is 4.79 Å². The largest absolute Gasteiger partial charge is 0.455 e. The van der Waals surface area contributed by atoms with Gasteiger partial charge in [-0.05, 0) is 49.9 Å². The molecule has 4 heteroatoms. The van der Waals surface area contributed by atoms with Gasteiger partial charge in [-0.3, -0.25) is 4.79 Å². The molecule has 0 radical (unpaired) electrons. The number of likely N-dealkylation sites (tertiary alicyclic amines) is 1. The van der Waals surface area contributed by atoms with Crippen LogP contribution in [0.4, 0.5) is 5.69 Å². The van der Waals surface area contributed by atoms with Gasteiger partial charge in [-0.1, -0.05) is 37.3 Å². The van der Waals surface area contributed by atoms with Gasteiger partial charge in [0.05, 0.1) is 18.3 Å². The van der Waals surface area contributed by atoms with E-state index in [0.29, 0.717) is 18.3 Å². The molecule has 2 aromatic rings. The number of anilines is 1. The fourth-order valence-corrected chi connectivity index (χ4v) is 3.55. The minimum atomic E-state index is 0.0551. The molecular formula is C21H27N2O2+. The average Bonchev–Trinajstić information content (AvgIpc) is 2.64. The van der Waals surface area contributed by atoms with Crippen LogP contribution in [0.25, 0.3) is 0 Å². The van der Waals surface area contributed by atoms with E-state index in [1.807, 2.05) is 54.6 Å². The van der Waals surface area contributed by atoms with Gasteiger partial charge in [-0.15, -0.1) is 0 Å². The van der Waals surface area contributed by atoms with Crippen molar-refractivity contribution in [2.24, 2.45) is 0 Å². The van der Waals surface area contributed by atoms with Crippen molar-refractivity contribution in [3.8, 4) is 11.5 Å². The van der Waals surface area contributed by atoms with E-state index in [0.717, 1.165) is 24.4 Å². The van der Waals surface area contributed by atoms with Crippen LogP contribution in [0, 0.1) is 0 Å². The van der Waals surface area contributed by atoms with Crippen molar-refractivity contribution in [1.82, 2.24) is 0 Å². The molecule has 2 unspecified atom stereocenters. The van der Waals surface area contributed by atoms with Crippen molar-refractivity contribution in [2.75, 3.05) is 18.4 Å². The molecule has 1 heterocycles. The van der Waals surface area contributed by atoms with E-state index in [-0.39, 0.29) is 5.91 Å². The number of hydrogen-bond donors (Lipinski definition) is 2. The molecule has 25 heavy (non-hydrogen) atoms. The van der Waals surface area contributed by atoms with Crippen LogP contribution in [0.2, 0.25) is 0 Å². The van der Waals surface area contributed by atoms with E-state index >= 15 is 0 Å². The van der Waals surface area contributed by atoms with Crippen LogP contribution in [0.15, 0.2) is 54.6 Å². The average molecular weight is 339 g/mol. The molecule has 0 aliphatic carbocycles. The van der Waals surface area contributed by atoms with Crippen molar-refractivity contribution in [1.29, 1.82) is 0 Å². The van der Waals surface area contributed by atoms with Gasteiger partial charge >= 0.3 is 0 Å². The normalized spacial score (nSPS) is 20.0. The van der Waals surface area contributed by atoms with Gasteiger partial charge in [0.1, 0.15) is 5.75 Å². The topological polar surface area (TPSA) is 42.8 Å². The zero-order chi connectivity index (χ0) is 17.5. The summed E-state index contributed by atoms with van der Waals surface area (Å²) in [4.78, 5) is 14.0. The Kier molecular flexibility index (Phi) is 6.07. The predicted octanol–water partition coefficient (Wildman–Crippen LogP) is 3.26. The smallest absolute Gasteiger partial charge is 0.279 e. The molecule has 4 nitrogen and oxygen atoms in total. The van der Waals surface area contributed by atoms with Gasteiger partial charge in [0.25, 0.3) is 5.91 Å². The number of rotatable bonds is 6. The van der Waals surface area contributed by atoms with E-state index in [9.17, 15) is 4.79 Å². The maximum absolute atomic E-state index is 12.6. The van der Waals surface area contributed by atoms with Gasteiger partial charge in [-0.25, -0.2) is 0 Å². The van der Waals surface area contributed by atoms with Crippen LogP contribution >= 0.6 is 0 Å². The minimum Gasteiger partial charge on any atom is -0.455 e. The summed E-state index contributed by atoms with van der Waals surface area (Å²) >= 11 is 0. The highest BCUT2D eigenvalue weighted by Gasteiger charge is 2.26. The van der Waals surface area contributed by atoms with E-state index in [2.05, 4.69) is 12.2 Å². The molecule has 0 spiro atoms. The molecule has 0 saturated carbocycles. The molecular weight excluding hydrogens is 312 g/mol. The number of benzene rings is 2. The third kappa shape index (κ3) is 4.83. The van der Waals surface area contributed by atoms with Crippen LogP contribution in [0.3, 0.4) is 0 Å². The Morgan fingerprint density at radius 2 is 1.88 bits per heavy atom. The maximum Gasteiger partial charge on any atom is 0.279 e. The van der Waals surface area contributed by atoms with Crippen molar-refractivity contribution in [3.05, 3.63) is 54.6 Å². The molecule has 2 N–H and O–H groups in total. The van der Waals surface area contributed by atoms with Crippen molar-refractivity contribution < 1.29 is 14.4 Å². The number of amides is 1. The lowest BCUT2D eigenvalue weighted by Gasteiger charge is -2.31. The second-order valence-electron chi connectivity index (χ2n) is 6.65. The van der Waals surface area contributed by atoms with Crippen LogP contribution in [-0.4, -0.2) is 25.0 Å². The zero-order valence-electron chi connectivity index (χ0n) is 14.8. The van der Waals surface area contributed by atoms with Crippen molar-refractivity contribution in [2.45, 2.75) is 38.6 Å². The number of piperidine rings is 1. The minimum absolute atomic E-state index is 0.0551. The van der Waals surface area contributed by atoms with Gasteiger partial charge in [0.2, 0.25) is 0 Å². The quantitative estimate of drug-likeness (QED) is 0.848. The summed E-state index contributed by atoms with van der Waals surface area (Å²) in [5.74, 6) is 1.49. The van der Waals surface area contributed by atoms with Crippen LogP contribution in [0.1, 0.15) is 32.6 Å². The van der Waals surface area contributed by atoms with Gasteiger partial charge in [0, 0.05) is 0 Å². The maximum atomic E-state index is 12.6. The lowest BCUT2D eigenvalue weighted by molar-refractivity contribution is -0.923. The summed E-state index contributed by atoms with van der Waals surface area (Å²) in [5, 5.41) is 3.04. The lowest BCUT2D eigenvalue weighted by Crippen LogP contribution is -3.17. The van der Waals surface area contributed by atoms with Gasteiger partial charge < -0.3 is 15.0 Å². The Morgan fingerprint density at radius 1 is 1.12 bits per heavy atom. The third-order valence-corrected chi connectivity index (χ3v) is 4.89. The Bertz CT molecular complexity index is 687. The summed E-state index contributed by atoms with van der Waals surface area (Å²) in [7, 11) is 0. The number of nitrogens with one attached hydrogen (secondary N) is 2. The van der Waals surface area contributed by atoms with Crippen LogP contribution in [0.5, 0.6) is 11.5 Å². The summed E-state index contributed by atoms with van der Waals surface area (Å²) < 4.78 is 5.92. The molecule has 2 aromatic carbocycles. The monoisotopic (exact) mass is 339 g/mol. The Labute approximate surface area is 149 Å². The summed E-state index contributed by atoms with van der Waals surface area (Å²) in [6.45, 7) is 3.84. The summed E-state index contributed by atoms with van der Waals surface area (Å²) in [5.41, 5.74) is 0.723. The molecule has 0 aromatic heterocycles. The van der Waals surface area contributed by atoms with Gasteiger partial charge in [0.15, 0.2) is 12.3 Å². The Balaban J connectivity index is 1.65. The highest BCUT2D eigenvalue weighted by Crippen LogP contribution is 2.28. The number of ether oxygens (including phenoxy) is 1. The highest BCUT2D eigenvalue weighted by molar-refractivity contribution is 5.93. The van der Waals surface area contributed by atoms with Gasteiger partial charge in [-0.2, -0.15) is 0 Å². The summed E-state index contributed by atoms with van der Waals surface area (Å²) in [6, 6.07) is 17.8. The number of hydrogen-bond acceptors (Lipinski definition) is 2. The first-order chi connectivity index (χ1) is 12.3. The first-order valence-corrected chi connectivity index (χ1v) is 9.22. The summed E-state index contributed by atoms with van der Waals surface area (Å²) in [6.07, 6.45) is 4.87. The van der Waals surface area contributed by atoms with Crippen molar-refractivity contribution in [3.63, 3.8) is 0 Å². The second kappa shape index (κ2) is 8.67. The molecule has 1 saturated heterocycles. The Morgan fingerprint density at radius 3 is 2.68 bits per heavy atom. The SMILES string of the molecule is CCC1CCCC[NH+]1CC(=O)Nc1ccccc1Oc1ccccc1. The second-order valence-corrected chi connectivity index (χ2v) is 6.65. The number of carbonyl (C=O) groups excluding carboxylic acids is 1. The fourth-order valence-electron chi connectivity index (χ4n) is 3.55.